The fourth-order valence-corrected chi connectivity index (χ4v) is 2.49. The molecule has 0 aliphatic carbocycles. The highest BCUT2D eigenvalue weighted by Crippen LogP contribution is 2.09. The number of sulfonamides is 1. The van der Waals surface area contributed by atoms with E-state index in [0.717, 1.165) is 6.42 Å². The van der Waals surface area contributed by atoms with Crippen LogP contribution in [0.25, 0.3) is 0 Å². The van der Waals surface area contributed by atoms with Crippen molar-refractivity contribution in [1.29, 1.82) is 0 Å². The minimum absolute atomic E-state index is 0.220. The van der Waals surface area contributed by atoms with Gasteiger partial charge in [-0.05, 0) is 18.9 Å². The smallest absolute Gasteiger partial charge is 0.242 e. The van der Waals surface area contributed by atoms with Crippen molar-refractivity contribution in [2.45, 2.75) is 31.2 Å². The average molecular weight is 275 g/mol. The number of aromatic nitrogens is 1. The molecule has 0 atom stereocenters. The molecule has 1 rings (SSSR count). The number of nitrogens with one attached hydrogen (secondary N) is 2. The molecule has 0 radical (unpaired) electrons. The monoisotopic (exact) mass is 275 g/mol. The topological polar surface area (TPSA) is 97.2 Å². The molecule has 1 heterocycles. The summed E-state index contributed by atoms with van der Waals surface area (Å²) in [5.41, 5.74) is 6.11. The van der Waals surface area contributed by atoms with E-state index in [1.54, 1.807) is 0 Å². The predicted molar refractivity (Wildman–Crippen MR) is 69.6 cm³/mol. The molecule has 4 N–H and O–H groups in total. The first-order valence-electron chi connectivity index (χ1n) is 6.05. The standard InChI is InChI=1S/C11H21N3O3S/c1-2-5-17-6-3-4-14-18(15,16)11-7-10(8-12)13-9-11/h7,9,13-14H,2-6,8,12H2,1H3. The van der Waals surface area contributed by atoms with Gasteiger partial charge in [0, 0.05) is 38.2 Å². The van der Waals surface area contributed by atoms with Crippen molar-refractivity contribution in [3.8, 4) is 0 Å². The van der Waals surface area contributed by atoms with Gasteiger partial charge in [-0.2, -0.15) is 0 Å². The molecule has 0 amide bonds. The molecule has 0 bridgehead atoms. The van der Waals surface area contributed by atoms with Crippen molar-refractivity contribution >= 4 is 10.0 Å². The van der Waals surface area contributed by atoms with E-state index in [1.165, 1.54) is 12.3 Å². The van der Waals surface area contributed by atoms with Crippen LogP contribution in [0.2, 0.25) is 0 Å². The van der Waals surface area contributed by atoms with E-state index >= 15 is 0 Å². The lowest BCUT2D eigenvalue weighted by molar-refractivity contribution is 0.133. The molecule has 0 aromatic carbocycles. The van der Waals surface area contributed by atoms with E-state index in [0.29, 0.717) is 38.4 Å². The van der Waals surface area contributed by atoms with Gasteiger partial charge in [0.2, 0.25) is 10.0 Å². The van der Waals surface area contributed by atoms with Crippen LogP contribution < -0.4 is 10.5 Å². The van der Waals surface area contributed by atoms with Gasteiger partial charge < -0.3 is 15.5 Å². The summed E-state index contributed by atoms with van der Waals surface area (Å²) in [5, 5.41) is 0. The number of hydrogen-bond acceptors (Lipinski definition) is 4. The van der Waals surface area contributed by atoms with E-state index in [4.69, 9.17) is 10.5 Å². The molecule has 1 aromatic heterocycles. The Labute approximate surface area is 108 Å². The number of ether oxygens (including phenoxy) is 1. The first kappa shape index (κ1) is 15.2. The summed E-state index contributed by atoms with van der Waals surface area (Å²) in [5.74, 6) is 0. The van der Waals surface area contributed by atoms with Crippen LogP contribution >= 0.6 is 0 Å². The zero-order chi connectivity index (χ0) is 13.4. The lowest BCUT2D eigenvalue weighted by Crippen LogP contribution is -2.25. The molecule has 7 heteroatoms. The highest BCUT2D eigenvalue weighted by Gasteiger charge is 2.14. The average Bonchev–Trinajstić information content (AvgIpc) is 2.83. The molecule has 0 saturated heterocycles. The summed E-state index contributed by atoms with van der Waals surface area (Å²) in [6, 6.07) is 1.54. The Hall–Kier alpha value is -0.890. The maximum Gasteiger partial charge on any atom is 0.242 e. The van der Waals surface area contributed by atoms with Crippen LogP contribution in [0.1, 0.15) is 25.5 Å². The first-order chi connectivity index (χ1) is 8.60. The van der Waals surface area contributed by atoms with Gasteiger partial charge in [0.15, 0.2) is 0 Å². The van der Waals surface area contributed by atoms with Gasteiger partial charge in [-0.3, -0.25) is 0 Å². The van der Waals surface area contributed by atoms with E-state index in [1.807, 2.05) is 6.92 Å². The molecule has 6 nitrogen and oxygen atoms in total. The second kappa shape index (κ2) is 7.52. The van der Waals surface area contributed by atoms with Gasteiger partial charge in [-0.15, -0.1) is 0 Å². The van der Waals surface area contributed by atoms with Crippen molar-refractivity contribution in [2.24, 2.45) is 5.73 Å². The maximum absolute atomic E-state index is 11.8. The van der Waals surface area contributed by atoms with Gasteiger partial charge in [-0.25, -0.2) is 13.1 Å². The Morgan fingerprint density at radius 1 is 1.44 bits per heavy atom. The van der Waals surface area contributed by atoms with E-state index in [9.17, 15) is 8.42 Å². The molecular formula is C11H21N3O3S. The van der Waals surface area contributed by atoms with Crippen molar-refractivity contribution < 1.29 is 13.2 Å². The van der Waals surface area contributed by atoms with Crippen LogP contribution in [0.4, 0.5) is 0 Å². The van der Waals surface area contributed by atoms with Crippen LogP contribution in [0, 0.1) is 0 Å². The van der Waals surface area contributed by atoms with Gasteiger partial charge in [-0.1, -0.05) is 6.92 Å². The summed E-state index contributed by atoms with van der Waals surface area (Å²) >= 11 is 0. The normalized spacial score (nSPS) is 11.9. The Morgan fingerprint density at radius 3 is 2.83 bits per heavy atom. The Kier molecular flexibility index (Phi) is 6.34. The van der Waals surface area contributed by atoms with Crippen LogP contribution in [-0.2, 0) is 21.3 Å². The Bertz CT molecular complexity index is 442. The van der Waals surface area contributed by atoms with E-state index in [-0.39, 0.29) is 4.90 Å². The van der Waals surface area contributed by atoms with Gasteiger partial charge in [0.05, 0.1) is 4.90 Å². The Morgan fingerprint density at radius 2 is 2.22 bits per heavy atom. The lowest BCUT2D eigenvalue weighted by Gasteiger charge is -2.05. The zero-order valence-electron chi connectivity index (χ0n) is 10.6. The lowest BCUT2D eigenvalue weighted by atomic mass is 10.4. The molecule has 0 aliphatic rings. The fraction of sp³-hybridized carbons (Fsp3) is 0.636. The van der Waals surface area contributed by atoms with Crippen LogP contribution in [0.5, 0.6) is 0 Å². The third kappa shape index (κ3) is 4.77. The van der Waals surface area contributed by atoms with Gasteiger partial charge >= 0.3 is 0 Å². The quantitative estimate of drug-likeness (QED) is 0.574. The molecule has 1 aromatic rings. The minimum atomic E-state index is -3.43. The Balaban J connectivity index is 2.36. The van der Waals surface area contributed by atoms with Crippen LogP contribution in [-0.4, -0.2) is 33.2 Å². The summed E-state index contributed by atoms with van der Waals surface area (Å²) in [7, 11) is -3.43. The highest BCUT2D eigenvalue weighted by atomic mass is 32.2. The molecule has 0 spiro atoms. The van der Waals surface area contributed by atoms with Crippen LogP contribution in [0.15, 0.2) is 17.2 Å². The first-order valence-corrected chi connectivity index (χ1v) is 7.53. The second-order valence-corrected chi connectivity index (χ2v) is 5.70. The predicted octanol–water partition coefficient (Wildman–Crippen LogP) is 0.568. The number of rotatable bonds is 9. The zero-order valence-corrected chi connectivity index (χ0v) is 11.4. The SMILES string of the molecule is CCCOCCCNS(=O)(=O)c1c[nH]c(CN)c1. The summed E-state index contributed by atoms with van der Waals surface area (Å²) in [6.07, 6.45) is 3.07. The van der Waals surface area contributed by atoms with E-state index in [2.05, 4.69) is 9.71 Å². The molecule has 104 valence electrons. The number of hydrogen-bond donors (Lipinski definition) is 3. The second-order valence-electron chi connectivity index (χ2n) is 3.93. The molecule has 0 saturated carbocycles. The summed E-state index contributed by atoms with van der Waals surface area (Å²) in [6.45, 7) is 3.97. The number of aromatic amines is 1. The van der Waals surface area contributed by atoms with E-state index < -0.39 is 10.0 Å². The summed E-state index contributed by atoms with van der Waals surface area (Å²) < 4.78 is 31.5. The van der Waals surface area contributed by atoms with Crippen molar-refractivity contribution in [3.63, 3.8) is 0 Å². The third-order valence-corrected chi connectivity index (χ3v) is 3.79. The molecule has 0 fully saturated rings. The van der Waals surface area contributed by atoms with Gasteiger partial charge in [0.1, 0.15) is 0 Å². The van der Waals surface area contributed by atoms with Crippen molar-refractivity contribution in [1.82, 2.24) is 9.71 Å². The maximum atomic E-state index is 11.8. The largest absolute Gasteiger partial charge is 0.381 e. The van der Waals surface area contributed by atoms with Crippen LogP contribution in [0.3, 0.4) is 0 Å². The van der Waals surface area contributed by atoms with Gasteiger partial charge in [0.25, 0.3) is 0 Å². The fourth-order valence-electron chi connectivity index (χ4n) is 1.40. The molecule has 0 aliphatic heterocycles. The summed E-state index contributed by atoms with van der Waals surface area (Å²) in [4.78, 5) is 3.03. The minimum Gasteiger partial charge on any atom is -0.381 e. The molecular weight excluding hydrogens is 254 g/mol. The molecule has 0 unspecified atom stereocenters. The van der Waals surface area contributed by atoms with Crippen molar-refractivity contribution in [2.75, 3.05) is 19.8 Å². The third-order valence-electron chi connectivity index (χ3n) is 2.35. The number of H-pyrrole nitrogens is 1. The number of nitrogens with two attached hydrogens (primary N) is 1. The van der Waals surface area contributed by atoms with Crippen molar-refractivity contribution in [3.05, 3.63) is 18.0 Å². The molecule has 18 heavy (non-hydrogen) atoms. The highest BCUT2D eigenvalue weighted by molar-refractivity contribution is 7.89.